The number of hydrogen-bond donors (Lipinski definition) is 1. The monoisotopic (exact) mass is 538 g/mol. The Morgan fingerprint density at radius 2 is 0.789 bits per heavy atom. The molecule has 0 bridgehead atoms. The first-order valence-corrected chi connectivity index (χ1v) is 17.0. The van der Waals surface area contributed by atoms with E-state index in [4.69, 9.17) is 9.84 Å². The molecule has 0 fully saturated rings. The molecular formula is C34H66O4. The predicted octanol–water partition coefficient (Wildman–Crippen LogP) is 11.3. The van der Waals surface area contributed by atoms with E-state index in [1.165, 1.54) is 122 Å². The summed E-state index contributed by atoms with van der Waals surface area (Å²) in [4.78, 5) is 23.2. The average Bonchev–Trinajstić information content (AvgIpc) is 2.89. The van der Waals surface area contributed by atoms with E-state index >= 15 is 0 Å². The first-order valence-electron chi connectivity index (χ1n) is 17.0. The van der Waals surface area contributed by atoms with Crippen molar-refractivity contribution in [3.63, 3.8) is 0 Å². The number of rotatable bonds is 31. The van der Waals surface area contributed by atoms with E-state index in [1.54, 1.807) is 0 Å². The van der Waals surface area contributed by atoms with E-state index in [-0.39, 0.29) is 18.5 Å². The van der Waals surface area contributed by atoms with Gasteiger partial charge >= 0.3 is 11.9 Å². The molecule has 1 unspecified atom stereocenters. The van der Waals surface area contributed by atoms with E-state index in [0.29, 0.717) is 12.8 Å². The van der Waals surface area contributed by atoms with Crippen LogP contribution in [0.3, 0.4) is 0 Å². The smallest absolute Gasteiger partial charge is 0.306 e. The van der Waals surface area contributed by atoms with Crippen LogP contribution in [-0.4, -0.2) is 23.1 Å². The molecule has 0 rings (SSSR count). The van der Waals surface area contributed by atoms with Crippen molar-refractivity contribution in [1.82, 2.24) is 0 Å². The highest BCUT2D eigenvalue weighted by molar-refractivity contribution is 5.69. The van der Waals surface area contributed by atoms with Gasteiger partial charge in [0.1, 0.15) is 6.10 Å². The van der Waals surface area contributed by atoms with Crippen molar-refractivity contribution in [2.24, 2.45) is 0 Å². The van der Waals surface area contributed by atoms with Crippen molar-refractivity contribution in [2.75, 3.05) is 0 Å². The average molecular weight is 539 g/mol. The summed E-state index contributed by atoms with van der Waals surface area (Å²) >= 11 is 0. The number of carboxylic acids is 1. The second-order valence-corrected chi connectivity index (χ2v) is 11.7. The number of carbonyl (C=O) groups excluding carboxylic acids is 1. The summed E-state index contributed by atoms with van der Waals surface area (Å²) < 4.78 is 5.90. The third-order valence-electron chi connectivity index (χ3n) is 7.83. The van der Waals surface area contributed by atoms with Crippen molar-refractivity contribution in [3.05, 3.63) is 0 Å². The fourth-order valence-electron chi connectivity index (χ4n) is 5.30. The minimum Gasteiger partial charge on any atom is -0.481 e. The minimum atomic E-state index is -0.722. The van der Waals surface area contributed by atoms with Crippen LogP contribution in [0, 0.1) is 0 Å². The van der Waals surface area contributed by atoms with Gasteiger partial charge in [0.05, 0.1) is 0 Å². The van der Waals surface area contributed by atoms with Crippen LogP contribution < -0.4 is 0 Å². The number of esters is 1. The normalized spacial score (nSPS) is 12.1. The molecule has 4 nitrogen and oxygen atoms in total. The largest absolute Gasteiger partial charge is 0.481 e. The molecule has 0 amide bonds. The van der Waals surface area contributed by atoms with Crippen LogP contribution in [-0.2, 0) is 14.3 Å². The lowest BCUT2D eigenvalue weighted by Gasteiger charge is -2.18. The lowest BCUT2D eigenvalue weighted by molar-refractivity contribution is -0.150. The maximum absolute atomic E-state index is 12.5. The standard InChI is InChI=1S/C34H66O4/c1-3-5-7-9-11-13-14-15-16-17-18-20-22-27-31-34(37)38-32(29-25-23-26-30-33(35)36)28-24-21-19-12-10-8-6-4-2/h32H,3-31H2,1-2H3,(H,35,36). The maximum atomic E-state index is 12.5. The molecule has 1 atom stereocenters. The quantitative estimate of drug-likeness (QED) is 0.0704. The molecule has 0 aliphatic rings. The Labute approximate surface area is 237 Å². The Kier molecular flexibility index (Phi) is 29.6. The second kappa shape index (κ2) is 30.5. The van der Waals surface area contributed by atoms with Gasteiger partial charge in [-0.25, -0.2) is 0 Å². The first-order chi connectivity index (χ1) is 18.6. The van der Waals surface area contributed by atoms with E-state index in [0.717, 1.165) is 44.9 Å². The summed E-state index contributed by atoms with van der Waals surface area (Å²) in [6.45, 7) is 4.53. The van der Waals surface area contributed by atoms with Crippen LogP contribution in [0.5, 0.6) is 0 Å². The van der Waals surface area contributed by atoms with Gasteiger partial charge in [-0.05, 0) is 38.5 Å². The van der Waals surface area contributed by atoms with Crippen molar-refractivity contribution in [3.8, 4) is 0 Å². The molecule has 4 heteroatoms. The van der Waals surface area contributed by atoms with Crippen molar-refractivity contribution >= 4 is 11.9 Å². The van der Waals surface area contributed by atoms with Crippen LogP contribution in [0.4, 0.5) is 0 Å². The molecule has 1 N–H and O–H groups in total. The number of ether oxygens (including phenoxy) is 1. The predicted molar refractivity (Wildman–Crippen MR) is 163 cm³/mol. The Hall–Kier alpha value is -1.06. The van der Waals surface area contributed by atoms with Gasteiger partial charge in [-0.15, -0.1) is 0 Å². The molecular weight excluding hydrogens is 472 g/mol. The molecule has 0 aromatic carbocycles. The van der Waals surface area contributed by atoms with Gasteiger partial charge in [0, 0.05) is 12.8 Å². The lowest BCUT2D eigenvalue weighted by Crippen LogP contribution is -2.18. The molecule has 38 heavy (non-hydrogen) atoms. The Balaban J connectivity index is 3.88. The summed E-state index contributed by atoms with van der Waals surface area (Å²) in [6, 6.07) is 0. The maximum Gasteiger partial charge on any atom is 0.306 e. The van der Waals surface area contributed by atoms with Crippen molar-refractivity contribution in [1.29, 1.82) is 0 Å². The number of aliphatic carboxylic acids is 1. The number of hydrogen-bond acceptors (Lipinski definition) is 3. The minimum absolute atomic E-state index is 0.0130. The van der Waals surface area contributed by atoms with Gasteiger partial charge in [-0.1, -0.05) is 149 Å². The molecule has 0 aromatic rings. The van der Waals surface area contributed by atoms with Gasteiger partial charge in [0.25, 0.3) is 0 Å². The highest BCUT2D eigenvalue weighted by Gasteiger charge is 2.14. The molecule has 0 saturated heterocycles. The molecule has 0 aromatic heterocycles. The van der Waals surface area contributed by atoms with Crippen molar-refractivity contribution in [2.45, 2.75) is 206 Å². The van der Waals surface area contributed by atoms with Crippen LogP contribution in [0.25, 0.3) is 0 Å². The summed E-state index contributed by atoms with van der Waals surface area (Å²) in [5.74, 6) is -0.751. The van der Waals surface area contributed by atoms with Gasteiger partial charge in [0.15, 0.2) is 0 Å². The lowest BCUT2D eigenvalue weighted by atomic mass is 10.0. The van der Waals surface area contributed by atoms with E-state index in [9.17, 15) is 9.59 Å². The summed E-state index contributed by atoms with van der Waals surface area (Å²) in [5, 5.41) is 8.83. The van der Waals surface area contributed by atoms with E-state index < -0.39 is 5.97 Å². The number of carbonyl (C=O) groups is 2. The number of carboxylic acid groups (broad SMARTS) is 1. The Morgan fingerprint density at radius 1 is 0.474 bits per heavy atom. The van der Waals surface area contributed by atoms with Crippen LogP contribution in [0.15, 0.2) is 0 Å². The first kappa shape index (κ1) is 36.9. The zero-order chi connectivity index (χ0) is 27.9. The van der Waals surface area contributed by atoms with E-state index in [2.05, 4.69) is 13.8 Å². The summed E-state index contributed by atoms with van der Waals surface area (Å²) in [6.07, 6.45) is 33.9. The molecule has 226 valence electrons. The highest BCUT2D eigenvalue weighted by atomic mass is 16.5. The molecule has 0 aliphatic heterocycles. The zero-order valence-electron chi connectivity index (χ0n) is 25.8. The van der Waals surface area contributed by atoms with Gasteiger partial charge in [-0.3, -0.25) is 9.59 Å². The fourth-order valence-corrected chi connectivity index (χ4v) is 5.30. The summed E-state index contributed by atoms with van der Waals surface area (Å²) in [5.41, 5.74) is 0. The summed E-state index contributed by atoms with van der Waals surface area (Å²) in [7, 11) is 0. The molecule has 0 aliphatic carbocycles. The Morgan fingerprint density at radius 3 is 1.18 bits per heavy atom. The van der Waals surface area contributed by atoms with Crippen LogP contribution >= 0.6 is 0 Å². The topological polar surface area (TPSA) is 63.6 Å². The molecule has 0 spiro atoms. The Bertz CT molecular complexity index is 505. The molecule has 0 saturated carbocycles. The second-order valence-electron chi connectivity index (χ2n) is 11.7. The van der Waals surface area contributed by atoms with Gasteiger partial charge in [-0.2, -0.15) is 0 Å². The zero-order valence-corrected chi connectivity index (χ0v) is 25.8. The van der Waals surface area contributed by atoms with Gasteiger partial charge < -0.3 is 9.84 Å². The number of unbranched alkanes of at least 4 members (excludes halogenated alkanes) is 22. The highest BCUT2D eigenvalue weighted by Crippen LogP contribution is 2.18. The fraction of sp³-hybridized carbons (Fsp3) is 0.941. The van der Waals surface area contributed by atoms with E-state index in [1.807, 2.05) is 0 Å². The van der Waals surface area contributed by atoms with Gasteiger partial charge in [0.2, 0.25) is 0 Å². The third kappa shape index (κ3) is 29.5. The molecule has 0 heterocycles. The SMILES string of the molecule is CCCCCCCCCCCCCCCCC(=O)OC(CCCCCCCCCC)CCCCCC(=O)O. The molecule has 0 radical (unpaired) electrons. The third-order valence-corrected chi connectivity index (χ3v) is 7.83. The van der Waals surface area contributed by atoms with Crippen LogP contribution in [0.1, 0.15) is 200 Å². The van der Waals surface area contributed by atoms with Crippen LogP contribution in [0.2, 0.25) is 0 Å². The van der Waals surface area contributed by atoms with Crippen molar-refractivity contribution < 1.29 is 19.4 Å².